The van der Waals surface area contributed by atoms with Crippen molar-refractivity contribution in [2.45, 2.75) is 33.2 Å². The van der Waals surface area contributed by atoms with Crippen LogP contribution in [0.15, 0.2) is 11.6 Å². The van der Waals surface area contributed by atoms with Gasteiger partial charge in [-0.25, -0.2) is 9.97 Å². The first kappa shape index (κ1) is 14.3. The minimum absolute atomic E-state index is 0.487. The number of aromatic nitrogens is 2. The third kappa shape index (κ3) is 3.07. The molecule has 19 heavy (non-hydrogen) atoms. The summed E-state index contributed by atoms with van der Waals surface area (Å²) in [6, 6.07) is 2.08. The van der Waals surface area contributed by atoms with E-state index in [1.54, 1.807) is 11.3 Å². The molecule has 0 radical (unpaired) electrons. The van der Waals surface area contributed by atoms with Gasteiger partial charge in [0, 0.05) is 23.2 Å². The molecule has 3 nitrogen and oxygen atoms in total. The lowest BCUT2D eigenvalue weighted by atomic mass is 10.1. The number of aryl methyl sites for hydroxylation is 3. The Kier molecular flexibility index (Phi) is 4.42. The van der Waals surface area contributed by atoms with E-state index in [0.717, 1.165) is 29.3 Å². The minimum Gasteiger partial charge on any atom is -0.354 e. The molecule has 2 heterocycles. The molecule has 0 aromatic carbocycles. The van der Waals surface area contributed by atoms with Gasteiger partial charge in [-0.1, -0.05) is 0 Å². The van der Waals surface area contributed by atoms with Crippen LogP contribution in [-0.4, -0.2) is 17.0 Å². The van der Waals surface area contributed by atoms with Gasteiger partial charge in [0.1, 0.15) is 5.82 Å². The molecule has 102 valence electrons. The molecule has 0 fully saturated rings. The third-order valence-electron chi connectivity index (χ3n) is 3.17. The van der Waals surface area contributed by atoms with Crippen LogP contribution >= 0.6 is 22.9 Å². The lowest BCUT2D eigenvalue weighted by molar-refractivity contribution is 0.883. The smallest absolute Gasteiger partial charge is 0.133 e. The summed E-state index contributed by atoms with van der Waals surface area (Å²) in [5, 5.41) is 0. The van der Waals surface area contributed by atoms with Crippen LogP contribution in [0, 0.1) is 20.8 Å². The van der Waals surface area contributed by atoms with Gasteiger partial charge in [-0.05, 0) is 32.4 Å². The maximum absolute atomic E-state index is 6.07. The molecule has 0 saturated heterocycles. The predicted octanol–water partition coefficient (Wildman–Crippen LogP) is 3.84. The summed E-state index contributed by atoms with van der Waals surface area (Å²) in [5.41, 5.74) is 6.31. The second-order valence-corrected chi connectivity index (χ2v) is 5.94. The Morgan fingerprint density at radius 2 is 2.05 bits per heavy atom. The van der Waals surface area contributed by atoms with Gasteiger partial charge in [0.25, 0.3) is 0 Å². The molecular formula is C14H18ClN3S. The largest absolute Gasteiger partial charge is 0.354 e. The Morgan fingerprint density at radius 3 is 2.63 bits per heavy atom. The molecule has 2 aromatic rings. The number of rotatable bonds is 4. The monoisotopic (exact) mass is 295 g/mol. The highest BCUT2D eigenvalue weighted by molar-refractivity contribution is 7.09. The van der Waals surface area contributed by atoms with Gasteiger partial charge >= 0.3 is 0 Å². The molecule has 0 spiro atoms. The van der Waals surface area contributed by atoms with E-state index < -0.39 is 0 Å². The SMILES string of the molecule is Cc1cc(C)c(CCl)c(N(C)Cc2scnc2C)n1. The van der Waals surface area contributed by atoms with E-state index in [9.17, 15) is 0 Å². The number of pyridine rings is 1. The number of thiazole rings is 1. The van der Waals surface area contributed by atoms with Crippen molar-refractivity contribution in [1.29, 1.82) is 0 Å². The summed E-state index contributed by atoms with van der Waals surface area (Å²) in [6.45, 7) is 6.95. The molecule has 5 heteroatoms. The molecule has 0 bridgehead atoms. The van der Waals surface area contributed by atoms with Crippen molar-refractivity contribution in [3.63, 3.8) is 0 Å². The molecule has 0 aliphatic rings. The fourth-order valence-electron chi connectivity index (χ4n) is 2.09. The van der Waals surface area contributed by atoms with Gasteiger partial charge < -0.3 is 4.90 Å². The second-order valence-electron chi connectivity index (χ2n) is 4.73. The van der Waals surface area contributed by atoms with E-state index in [1.807, 2.05) is 19.4 Å². The number of nitrogens with zero attached hydrogens (tertiary/aromatic N) is 3. The number of anilines is 1. The quantitative estimate of drug-likeness (QED) is 0.803. The van der Waals surface area contributed by atoms with Crippen LogP contribution in [0.3, 0.4) is 0 Å². The highest BCUT2D eigenvalue weighted by Crippen LogP contribution is 2.26. The van der Waals surface area contributed by atoms with E-state index in [1.165, 1.54) is 10.4 Å². The summed E-state index contributed by atoms with van der Waals surface area (Å²) in [4.78, 5) is 12.3. The average molecular weight is 296 g/mol. The number of hydrogen-bond donors (Lipinski definition) is 0. The summed E-state index contributed by atoms with van der Waals surface area (Å²) in [7, 11) is 2.05. The Labute approximate surface area is 123 Å². The maximum Gasteiger partial charge on any atom is 0.133 e. The van der Waals surface area contributed by atoms with E-state index >= 15 is 0 Å². The molecule has 0 atom stereocenters. The van der Waals surface area contributed by atoms with Crippen molar-refractivity contribution < 1.29 is 0 Å². The van der Waals surface area contributed by atoms with E-state index in [0.29, 0.717) is 5.88 Å². The van der Waals surface area contributed by atoms with Gasteiger partial charge in [0.15, 0.2) is 0 Å². The molecule has 0 unspecified atom stereocenters. The summed E-state index contributed by atoms with van der Waals surface area (Å²) in [5.74, 6) is 1.46. The predicted molar refractivity (Wildman–Crippen MR) is 82.2 cm³/mol. The Morgan fingerprint density at radius 1 is 1.32 bits per heavy atom. The standard InChI is InChI=1S/C14H18ClN3S/c1-9-5-10(2)17-14(12(9)6-15)18(4)7-13-11(3)16-8-19-13/h5,8H,6-7H2,1-4H3. The molecule has 0 N–H and O–H groups in total. The first-order valence-corrected chi connectivity index (χ1v) is 7.57. The number of alkyl halides is 1. The van der Waals surface area contributed by atoms with E-state index in [2.05, 4.69) is 34.9 Å². The van der Waals surface area contributed by atoms with Crippen LogP contribution < -0.4 is 4.90 Å². The molecule has 0 aliphatic carbocycles. The van der Waals surface area contributed by atoms with Crippen LogP contribution in [0.5, 0.6) is 0 Å². The van der Waals surface area contributed by atoms with Crippen LogP contribution in [0.2, 0.25) is 0 Å². The minimum atomic E-state index is 0.487. The molecule has 0 saturated carbocycles. The van der Waals surface area contributed by atoms with Crippen molar-refractivity contribution >= 4 is 28.8 Å². The molecule has 0 amide bonds. The summed E-state index contributed by atoms with van der Waals surface area (Å²) < 4.78 is 0. The number of hydrogen-bond acceptors (Lipinski definition) is 4. The fourth-order valence-corrected chi connectivity index (χ4v) is 3.25. The van der Waals surface area contributed by atoms with Crippen molar-refractivity contribution in [3.05, 3.63) is 39.0 Å². The topological polar surface area (TPSA) is 29.0 Å². The zero-order valence-electron chi connectivity index (χ0n) is 11.7. The van der Waals surface area contributed by atoms with Gasteiger partial charge in [-0.2, -0.15) is 0 Å². The lowest BCUT2D eigenvalue weighted by Gasteiger charge is -2.22. The van der Waals surface area contributed by atoms with Crippen LogP contribution in [0.25, 0.3) is 0 Å². The van der Waals surface area contributed by atoms with Crippen molar-refractivity contribution in [2.75, 3.05) is 11.9 Å². The van der Waals surface area contributed by atoms with Gasteiger partial charge in [0.2, 0.25) is 0 Å². The normalized spacial score (nSPS) is 10.8. The Hall–Kier alpha value is -1.13. The van der Waals surface area contributed by atoms with Crippen LogP contribution in [0.4, 0.5) is 5.82 Å². The zero-order valence-corrected chi connectivity index (χ0v) is 13.3. The zero-order chi connectivity index (χ0) is 14.0. The number of halogens is 1. The lowest BCUT2D eigenvalue weighted by Crippen LogP contribution is -2.20. The third-order valence-corrected chi connectivity index (χ3v) is 4.36. The highest BCUT2D eigenvalue weighted by Gasteiger charge is 2.14. The average Bonchev–Trinajstić information content (AvgIpc) is 2.74. The highest BCUT2D eigenvalue weighted by atomic mass is 35.5. The van der Waals surface area contributed by atoms with Crippen molar-refractivity contribution in [3.8, 4) is 0 Å². The Bertz CT molecular complexity index is 580. The first-order chi connectivity index (χ1) is 9.02. The Balaban J connectivity index is 2.33. The van der Waals surface area contributed by atoms with Gasteiger partial charge in [-0.3, -0.25) is 0 Å². The molecular weight excluding hydrogens is 278 g/mol. The van der Waals surface area contributed by atoms with E-state index in [4.69, 9.17) is 11.6 Å². The molecule has 0 aliphatic heterocycles. The fraction of sp³-hybridized carbons (Fsp3) is 0.429. The maximum atomic E-state index is 6.07. The van der Waals surface area contributed by atoms with E-state index in [-0.39, 0.29) is 0 Å². The summed E-state index contributed by atoms with van der Waals surface area (Å²) in [6.07, 6.45) is 0. The van der Waals surface area contributed by atoms with Crippen LogP contribution in [-0.2, 0) is 12.4 Å². The van der Waals surface area contributed by atoms with Crippen LogP contribution in [0.1, 0.15) is 27.4 Å². The summed E-state index contributed by atoms with van der Waals surface area (Å²) >= 11 is 7.75. The van der Waals surface area contributed by atoms with Crippen molar-refractivity contribution in [1.82, 2.24) is 9.97 Å². The van der Waals surface area contributed by atoms with Gasteiger partial charge in [-0.15, -0.1) is 22.9 Å². The first-order valence-electron chi connectivity index (χ1n) is 6.16. The second kappa shape index (κ2) is 5.88. The molecule has 2 aromatic heterocycles. The van der Waals surface area contributed by atoms with Crippen molar-refractivity contribution in [2.24, 2.45) is 0 Å². The van der Waals surface area contributed by atoms with Gasteiger partial charge in [0.05, 0.1) is 23.6 Å². The molecule has 2 rings (SSSR count).